The zero-order valence-corrected chi connectivity index (χ0v) is 12.5. The zero-order chi connectivity index (χ0) is 14.7. The maximum absolute atomic E-state index is 11.5. The fourth-order valence-corrected chi connectivity index (χ4v) is 2.69. The van der Waals surface area contributed by atoms with E-state index in [1.807, 2.05) is 38.6 Å². The Hall–Kier alpha value is -1.95. The van der Waals surface area contributed by atoms with Gasteiger partial charge in [0, 0.05) is 18.1 Å². The number of carbonyl (C=O) groups is 1. The number of carboxylic acids is 1. The molecule has 1 aromatic carbocycles. The molecular weight excluding hydrogens is 274 g/mol. The maximum atomic E-state index is 11.5. The predicted octanol–water partition coefficient (Wildman–Crippen LogP) is 3.15. The summed E-state index contributed by atoms with van der Waals surface area (Å²) in [5, 5.41) is 16.9. The Morgan fingerprint density at radius 3 is 2.80 bits per heavy atom. The van der Waals surface area contributed by atoms with Crippen LogP contribution in [-0.4, -0.2) is 27.1 Å². The number of anilines is 2. The summed E-state index contributed by atoms with van der Waals surface area (Å²) < 4.78 is 1.72. The Bertz CT molecular complexity index is 637. The van der Waals surface area contributed by atoms with E-state index in [4.69, 9.17) is 0 Å². The van der Waals surface area contributed by atoms with Crippen LogP contribution < -0.4 is 5.32 Å². The van der Waals surface area contributed by atoms with Crippen LogP contribution in [-0.2, 0) is 13.5 Å². The molecule has 0 unspecified atom stereocenters. The van der Waals surface area contributed by atoms with Gasteiger partial charge in [0.15, 0.2) is 0 Å². The topological polar surface area (TPSA) is 67.2 Å². The molecule has 2 N–H and O–H groups in total. The van der Waals surface area contributed by atoms with Crippen LogP contribution in [0.3, 0.4) is 0 Å². The molecule has 0 spiro atoms. The molecule has 6 heteroatoms. The van der Waals surface area contributed by atoms with E-state index >= 15 is 0 Å². The number of aromatic nitrogens is 2. The quantitative estimate of drug-likeness (QED) is 0.828. The van der Waals surface area contributed by atoms with Crippen LogP contribution in [0.1, 0.15) is 23.0 Å². The minimum Gasteiger partial charge on any atom is -0.478 e. The van der Waals surface area contributed by atoms with Crippen molar-refractivity contribution in [3.63, 3.8) is 0 Å². The van der Waals surface area contributed by atoms with E-state index in [9.17, 15) is 9.90 Å². The molecule has 0 fully saturated rings. The van der Waals surface area contributed by atoms with E-state index in [0.717, 1.165) is 22.7 Å². The lowest BCUT2D eigenvalue weighted by atomic mass is 10.1. The summed E-state index contributed by atoms with van der Waals surface area (Å²) in [6, 6.07) is 5.43. The molecule has 0 aliphatic carbocycles. The molecule has 0 radical (unpaired) electrons. The first-order valence-corrected chi connectivity index (χ1v) is 7.49. The van der Waals surface area contributed by atoms with Crippen LogP contribution >= 0.6 is 11.8 Å². The third-order valence-corrected chi connectivity index (χ3v) is 3.75. The Morgan fingerprint density at radius 1 is 1.45 bits per heavy atom. The fraction of sp³-hybridized carbons (Fsp3) is 0.286. The molecule has 0 aliphatic rings. The largest absolute Gasteiger partial charge is 0.478 e. The van der Waals surface area contributed by atoms with Crippen molar-refractivity contribution < 1.29 is 9.90 Å². The van der Waals surface area contributed by atoms with Gasteiger partial charge in [-0.25, -0.2) is 4.79 Å². The van der Waals surface area contributed by atoms with Gasteiger partial charge in [-0.3, -0.25) is 4.68 Å². The summed E-state index contributed by atoms with van der Waals surface area (Å²) in [5.41, 5.74) is 2.65. The lowest BCUT2D eigenvalue weighted by molar-refractivity contribution is 0.0694. The molecule has 1 heterocycles. The van der Waals surface area contributed by atoms with Crippen molar-refractivity contribution in [3.05, 3.63) is 35.7 Å². The Labute approximate surface area is 122 Å². The average Bonchev–Trinajstić information content (AvgIpc) is 2.78. The number of hydrogen-bond acceptors (Lipinski definition) is 4. The van der Waals surface area contributed by atoms with Gasteiger partial charge >= 0.3 is 5.97 Å². The van der Waals surface area contributed by atoms with Gasteiger partial charge in [-0.1, -0.05) is 13.0 Å². The number of carboxylic acid groups (broad SMARTS) is 1. The number of benzene rings is 1. The smallest absolute Gasteiger partial charge is 0.338 e. The second-order valence-electron chi connectivity index (χ2n) is 4.33. The van der Waals surface area contributed by atoms with Gasteiger partial charge in [0.1, 0.15) is 0 Å². The van der Waals surface area contributed by atoms with Gasteiger partial charge < -0.3 is 10.4 Å². The number of aromatic carboxylic acids is 1. The third-order valence-electron chi connectivity index (χ3n) is 2.97. The maximum Gasteiger partial charge on any atom is 0.338 e. The number of nitrogens with one attached hydrogen (secondary N) is 1. The highest BCUT2D eigenvalue weighted by Gasteiger charge is 2.16. The van der Waals surface area contributed by atoms with Gasteiger partial charge in [0.25, 0.3) is 0 Å². The normalized spacial score (nSPS) is 10.6. The van der Waals surface area contributed by atoms with Gasteiger partial charge in [-0.2, -0.15) is 5.10 Å². The van der Waals surface area contributed by atoms with Crippen molar-refractivity contribution >= 4 is 29.1 Å². The van der Waals surface area contributed by atoms with Crippen molar-refractivity contribution in [2.45, 2.75) is 18.2 Å². The first-order chi connectivity index (χ1) is 9.56. The minimum atomic E-state index is -0.931. The number of rotatable bonds is 5. The molecule has 0 aliphatic heterocycles. The molecular formula is C14H17N3O2S. The molecule has 20 heavy (non-hydrogen) atoms. The molecule has 0 amide bonds. The molecule has 0 bridgehead atoms. The standard InChI is InChI=1S/C14H17N3O2S/c1-4-9-11(8-17(2)16-9)15-10-6-5-7-12(20-3)13(10)14(18)19/h5-8,15H,4H2,1-3H3,(H,18,19). The SMILES string of the molecule is CCc1nn(C)cc1Nc1cccc(SC)c1C(=O)O. The van der Waals surface area contributed by atoms with Gasteiger partial charge in [0.2, 0.25) is 0 Å². The number of nitrogens with zero attached hydrogens (tertiary/aromatic N) is 2. The Morgan fingerprint density at radius 2 is 2.20 bits per heavy atom. The van der Waals surface area contributed by atoms with Crippen LogP contribution in [0.5, 0.6) is 0 Å². The first kappa shape index (κ1) is 14.5. The van der Waals surface area contributed by atoms with Crippen molar-refractivity contribution in [1.82, 2.24) is 9.78 Å². The van der Waals surface area contributed by atoms with Gasteiger partial charge in [-0.05, 0) is 24.8 Å². The molecule has 0 atom stereocenters. The number of thioether (sulfide) groups is 1. The van der Waals surface area contributed by atoms with Crippen LogP contribution in [0, 0.1) is 0 Å². The summed E-state index contributed by atoms with van der Waals surface area (Å²) in [5.74, 6) is -0.931. The van der Waals surface area contributed by atoms with E-state index in [-0.39, 0.29) is 0 Å². The number of aryl methyl sites for hydroxylation is 2. The van der Waals surface area contributed by atoms with Gasteiger partial charge in [-0.15, -0.1) is 11.8 Å². The summed E-state index contributed by atoms with van der Waals surface area (Å²) in [6.45, 7) is 2.02. The summed E-state index contributed by atoms with van der Waals surface area (Å²) in [6.07, 6.45) is 4.51. The fourth-order valence-electron chi connectivity index (χ4n) is 2.07. The molecule has 1 aromatic heterocycles. The van der Waals surface area contributed by atoms with Crippen LogP contribution in [0.25, 0.3) is 0 Å². The first-order valence-electron chi connectivity index (χ1n) is 6.26. The lowest BCUT2D eigenvalue weighted by Crippen LogP contribution is -2.05. The van der Waals surface area contributed by atoms with E-state index in [2.05, 4.69) is 10.4 Å². The summed E-state index contributed by atoms with van der Waals surface area (Å²) in [4.78, 5) is 12.2. The minimum absolute atomic E-state index is 0.297. The van der Waals surface area contributed by atoms with Crippen LogP contribution in [0.2, 0.25) is 0 Å². The van der Waals surface area contributed by atoms with E-state index < -0.39 is 5.97 Å². The Balaban J connectivity index is 2.45. The molecule has 2 rings (SSSR count). The lowest BCUT2D eigenvalue weighted by Gasteiger charge is -2.11. The van der Waals surface area contributed by atoms with E-state index in [1.54, 1.807) is 10.7 Å². The number of hydrogen-bond donors (Lipinski definition) is 2. The molecule has 0 saturated heterocycles. The highest BCUT2D eigenvalue weighted by Crippen LogP contribution is 2.30. The molecule has 2 aromatic rings. The van der Waals surface area contributed by atoms with E-state index in [0.29, 0.717) is 11.3 Å². The monoisotopic (exact) mass is 291 g/mol. The van der Waals surface area contributed by atoms with Crippen molar-refractivity contribution in [2.24, 2.45) is 7.05 Å². The van der Waals surface area contributed by atoms with Crippen molar-refractivity contribution in [2.75, 3.05) is 11.6 Å². The van der Waals surface area contributed by atoms with Crippen molar-refractivity contribution in [3.8, 4) is 0 Å². The Kier molecular flexibility index (Phi) is 4.34. The van der Waals surface area contributed by atoms with Crippen LogP contribution in [0.4, 0.5) is 11.4 Å². The second kappa shape index (κ2) is 6.00. The highest BCUT2D eigenvalue weighted by molar-refractivity contribution is 7.98. The second-order valence-corrected chi connectivity index (χ2v) is 5.18. The van der Waals surface area contributed by atoms with E-state index in [1.165, 1.54) is 11.8 Å². The summed E-state index contributed by atoms with van der Waals surface area (Å²) in [7, 11) is 1.85. The van der Waals surface area contributed by atoms with Gasteiger partial charge in [0.05, 0.1) is 22.6 Å². The molecule has 0 saturated carbocycles. The summed E-state index contributed by atoms with van der Waals surface area (Å²) >= 11 is 1.42. The zero-order valence-electron chi connectivity index (χ0n) is 11.7. The average molecular weight is 291 g/mol. The molecule has 5 nitrogen and oxygen atoms in total. The third kappa shape index (κ3) is 2.80. The van der Waals surface area contributed by atoms with Crippen LogP contribution in [0.15, 0.2) is 29.3 Å². The molecule has 106 valence electrons. The highest BCUT2D eigenvalue weighted by atomic mass is 32.2. The predicted molar refractivity (Wildman–Crippen MR) is 81.1 cm³/mol. The van der Waals surface area contributed by atoms with Crippen molar-refractivity contribution in [1.29, 1.82) is 0 Å².